The summed E-state index contributed by atoms with van der Waals surface area (Å²) in [6.07, 6.45) is 6.22. The van der Waals surface area contributed by atoms with Gasteiger partial charge in [-0.05, 0) is 45.7 Å². The van der Waals surface area contributed by atoms with Gasteiger partial charge in [0.05, 0.1) is 6.10 Å². The molecule has 0 aromatic heterocycles. The lowest BCUT2D eigenvalue weighted by molar-refractivity contribution is 0.181. The van der Waals surface area contributed by atoms with E-state index in [0.717, 1.165) is 38.8 Å². The molecule has 0 aliphatic heterocycles. The molecule has 86 valence electrons. The zero-order chi connectivity index (χ0) is 10.6. The standard InChI is InChI=1S/C11H25NO2/c1-11(14)7-6-9-12-8-4-2-3-5-10-13/h11-14H,2-10H2,1H3. The molecule has 0 aliphatic rings. The number of unbranched alkanes of at least 4 members (excludes halogenated alkanes) is 3. The van der Waals surface area contributed by atoms with E-state index in [1.54, 1.807) is 0 Å². The molecule has 0 aromatic carbocycles. The summed E-state index contributed by atoms with van der Waals surface area (Å²) in [5.41, 5.74) is 0. The van der Waals surface area contributed by atoms with Crippen molar-refractivity contribution in [3.63, 3.8) is 0 Å². The SMILES string of the molecule is CC(O)CCCNCCCCCCO. The lowest BCUT2D eigenvalue weighted by atomic mass is 10.2. The normalized spacial score (nSPS) is 13.1. The average Bonchev–Trinajstić information content (AvgIpc) is 2.15. The predicted molar refractivity (Wildman–Crippen MR) is 59.3 cm³/mol. The Bertz CT molecular complexity index is 107. The van der Waals surface area contributed by atoms with Crippen molar-refractivity contribution in [1.29, 1.82) is 0 Å². The van der Waals surface area contributed by atoms with Gasteiger partial charge in [0.1, 0.15) is 0 Å². The van der Waals surface area contributed by atoms with Crippen LogP contribution in [0.25, 0.3) is 0 Å². The molecule has 0 radical (unpaired) electrons. The summed E-state index contributed by atoms with van der Waals surface area (Å²) < 4.78 is 0. The highest BCUT2D eigenvalue weighted by Crippen LogP contribution is 1.98. The second kappa shape index (κ2) is 11.0. The molecule has 0 aromatic rings. The van der Waals surface area contributed by atoms with E-state index >= 15 is 0 Å². The molecule has 3 N–H and O–H groups in total. The first-order valence-corrected chi connectivity index (χ1v) is 5.77. The minimum atomic E-state index is -0.165. The van der Waals surface area contributed by atoms with Crippen LogP contribution in [-0.4, -0.2) is 36.0 Å². The second-order valence-corrected chi connectivity index (χ2v) is 3.88. The van der Waals surface area contributed by atoms with Gasteiger partial charge >= 0.3 is 0 Å². The van der Waals surface area contributed by atoms with E-state index < -0.39 is 0 Å². The fraction of sp³-hybridized carbons (Fsp3) is 1.00. The number of rotatable bonds is 10. The summed E-state index contributed by atoms with van der Waals surface area (Å²) in [7, 11) is 0. The molecule has 0 heterocycles. The first-order chi connectivity index (χ1) is 6.77. The van der Waals surface area contributed by atoms with Crippen LogP contribution in [0.2, 0.25) is 0 Å². The summed E-state index contributed by atoms with van der Waals surface area (Å²) in [4.78, 5) is 0. The first kappa shape index (κ1) is 13.9. The van der Waals surface area contributed by atoms with Crippen molar-refractivity contribution >= 4 is 0 Å². The minimum Gasteiger partial charge on any atom is -0.396 e. The smallest absolute Gasteiger partial charge is 0.0512 e. The molecule has 1 unspecified atom stereocenters. The maximum Gasteiger partial charge on any atom is 0.0512 e. The molecule has 0 saturated carbocycles. The summed E-state index contributed by atoms with van der Waals surface area (Å²) in [5, 5.41) is 20.9. The Kier molecular flexibility index (Phi) is 10.9. The molecule has 0 bridgehead atoms. The van der Waals surface area contributed by atoms with E-state index in [4.69, 9.17) is 10.2 Å². The highest BCUT2D eigenvalue weighted by molar-refractivity contribution is 4.52. The zero-order valence-electron chi connectivity index (χ0n) is 9.34. The van der Waals surface area contributed by atoms with Crippen molar-refractivity contribution in [3.8, 4) is 0 Å². The topological polar surface area (TPSA) is 52.5 Å². The molecule has 0 spiro atoms. The van der Waals surface area contributed by atoms with E-state index in [9.17, 15) is 0 Å². The molecular weight excluding hydrogens is 178 g/mol. The second-order valence-electron chi connectivity index (χ2n) is 3.88. The van der Waals surface area contributed by atoms with E-state index in [2.05, 4.69) is 5.32 Å². The molecule has 0 rings (SSSR count). The lowest BCUT2D eigenvalue weighted by Crippen LogP contribution is -2.17. The number of hydrogen-bond donors (Lipinski definition) is 3. The highest BCUT2D eigenvalue weighted by atomic mass is 16.3. The molecule has 0 aliphatic carbocycles. The fourth-order valence-corrected chi connectivity index (χ4v) is 1.36. The number of hydrogen-bond acceptors (Lipinski definition) is 3. The first-order valence-electron chi connectivity index (χ1n) is 5.77. The van der Waals surface area contributed by atoms with Crippen LogP contribution in [0.3, 0.4) is 0 Å². The quantitative estimate of drug-likeness (QED) is 0.469. The van der Waals surface area contributed by atoms with Gasteiger partial charge in [-0.25, -0.2) is 0 Å². The average molecular weight is 203 g/mol. The van der Waals surface area contributed by atoms with Crippen molar-refractivity contribution in [2.45, 2.75) is 51.6 Å². The monoisotopic (exact) mass is 203 g/mol. The number of aliphatic hydroxyl groups excluding tert-OH is 2. The van der Waals surface area contributed by atoms with Crippen molar-refractivity contribution in [1.82, 2.24) is 5.32 Å². The van der Waals surface area contributed by atoms with Crippen molar-refractivity contribution < 1.29 is 10.2 Å². The number of aliphatic hydroxyl groups is 2. The maximum atomic E-state index is 9.00. The molecule has 0 fully saturated rings. The van der Waals surface area contributed by atoms with Gasteiger partial charge in [-0.15, -0.1) is 0 Å². The van der Waals surface area contributed by atoms with Gasteiger partial charge in [-0.1, -0.05) is 12.8 Å². The van der Waals surface area contributed by atoms with Crippen molar-refractivity contribution in [2.75, 3.05) is 19.7 Å². The Morgan fingerprint density at radius 1 is 1.00 bits per heavy atom. The molecular formula is C11H25NO2. The third kappa shape index (κ3) is 11.9. The van der Waals surface area contributed by atoms with Crippen LogP contribution >= 0.6 is 0 Å². The van der Waals surface area contributed by atoms with E-state index in [-0.39, 0.29) is 6.10 Å². The Morgan fingerprint density at radius 2 is 1.64 bits per heavy atom. The van der Waals surface area contributed by atoms with Gasteiger partial charge in [-0.3, -0.25) is 0 Å². The highest BCUT2D eigenvalue weighted by Gasteiger charge is 1.94. The summed E-state index contributed by atoms with van der Waals surface area (Å²) in [6.45, 7) is 4.22. The van der Waals surface area contributed by atoms with Crippen LogP contribution in [0.5, 0.6) is 0 Å². The Hall–Kier alpha value is -0.120. The van der Waals surface area contributed by atoms with E-state index in [0.29, 0.717) is 6.61 Å². The van der Waals surface area contributed by atoms with Crippen molar-refractivity contribution in [2.24, 2.45) is 0 Å². The molecule has 1 atom stereocenters. The number of nitrogens with one attached hydrogen (secondary N) is 1. The van der Waals surface area contributed by atoms with Crippen molar-refractivity contribution in [3.05, 3.63) is 0 Å². The molecule has 14 heavy (non-hydrogen) atoms. The van der Waals surface area contributed by atoms with Gasteiger partial charge in [0.25, 0.3) is 0 Å². The van der Waals surface area contributed by atoms with Crippen LogP contribution in [0.1, 0.15) is 45.4 Å². The Balaban J connectivity index is 2.85. The van der Waals surface area contributed by atoms with Crippen LogP contribution in [0.4, 0.5) is 0 Å². The van der Waals surface area contributed by atoms with Gasteiger partial charge in [0.2, 0.25) is 0 Å². The van der Waals surface area contributed by atoms with Gasteiger partial charge < -0.3 is 15.5 Å². The van der Waals surface area contributed by atoms with Crippen LogP contribution in [-0.2, 0) is 0 Å². The van der Waals surface area contributed by atoms with Crippen LogP contribution in [0.15, 0.2) is 0 Å². The predicted octanol–water partition coefficient (Wildman–Crippen LogP) is 1.29. The fourth-order valence-electron chi connectivity index (χ4n) is 1.36. The van der Waals surface area contributed by atoms with Crippen LogP contribution < -0.4 is 5.32 Å². The summed E-state index contributed by atoms with van der Waals surface area (Å²) in [6, 6.07) is 0. The minimum absolute atomic E-state index is 0.165. The van der Waals surface area contributed by atoms with Gasteiger partial charge in [-0.2, -0.15) is 0 Å². The summed E-state index contributed by atoms with van der Waals surface area (Å²) in [5.74, 6) is 0. The Morgan fingerprint density at radius 3 is 2.29 bits per heavy atom. The lowest BCUT2D eigenvalue weighted by Gasteiger charge is -2.05. The van der Waals surface area contributed by atoms with E-state index in [1.807, 2.05) is 6.92 Å². The van der Waals surface area contributed by atoms with Crippen LogP contribution in [0, 0.1) is 0 Å². The third-order valence-corrected chi connectivity index (χ3v) is 2.24. The van der Waals surface area contributed by atoms with Gasteiger partial charge in [0.15, 0.2) is 0 Å². The van der Waals surface area contributed by atoms with E-state index in [1.165, 1.54) is 12.8 Å². The maximum absolute atomic E-state index is 9.00. The zero-order valence-corrected chi connectivity index (χ0v) is 9.34. The molecule has 0 saturated heterocycles. The van der Waals surface area contributed by atoms with Gasteiger partial charge in [0, 0.05) is 6.61 Å². The Labute approximate surface area is 87.5 Å². The molecule has 3 nitrogen and oxygen atoms in total. The molecule has 3 heteroatoms. The summed E-state index contributed by atoms with van der Waals surface area (Å²) >= 11 is 0. The molecule has 0 amide bonds. The largest absolute Gasteiger partial charge is 0.396 e. The third-order valence-electron chi connectivity index (χ3n) is 2.24.